The Labute approximate surface area is 132 Å². The third-order valence-corrected chi connectivity index (χ3v) is 3.39. The van der Waals surface area contributed by atoms with Crippen molar-refractivity contribution < 1.29 is 4.79 Å². The number of hydrogen-bond donors (Lipinski definition) is 1. The van der Waals surface area contributed by atoms with Crippen LogP contribution < -0.4 is 5.73 Å². The van der Waals surface area contributed by atoms with Gasteiger partial charge in [0.05, 0.1) is 0 Å². The lowest BCUT2D eigenvalue weighted by atomic mass is 10.1. The molecule has 0 aliphatic carbocycles. The summed E-state index contributed by atoms with van der Waals surface area (Å²) in [5, 5.41) is -0.403. The summed E-state index contributed by atoms with van der Waals surface area (Å²) >= 11 is 4.96. The van der Waals surface area contributed by atoms with Crippen molar-refractivity contribution in [3.63, 3.8) is 0 Å². The van der Waals surface area contributed by atoms with E-state index < -0.39 is 5.24 Å². The fourth-order valence-electron chi connectivity index (χ4n) is 2.18. The number of nitrogens with two attached hydrogens (primary N) is 1. The largest absolute Gasteiger partial charge is 0.328 e. The summed E-state index contributed by atoms with van der Waals surface area (Å²) < 4.78 is 0. The molecule has 2 rings (SSSR count). The fourth-order valence-corrected chi connectivity index (χ4v) is 2.40. The number of rotatable bonds is 3. The van der Waals surface area contributed by atoms with Gasteiger partial charge in [-0.25, -0.2) is 0 Å². The zero-order chi connectivity index (χ0) is 15.7. The first-order valence-electron chi connectivity index (χ1n) is 7.33. The molecule has 0 amide bonds. The van der Waals surface area contributed by atoms with Crippen LogP contribution in [-0.4, -0.2) is 29.3 Å². The number of halogens is 1. The highest BCUT2D eigenvalue weighted by Crippen LogP contribution is 2.11. The van der Waals surface area contributed by atoms with Gasteiger partial charge in [-0.15, -0.1) is 0 Å². The first kappa shape index (κ1) is 17.9. The van der Waals surface area contributed by atoms with E-state index in [4.69, 9.17) is 17.3 Å². The number of carbonyl (C=O) groups is 1. The van der Waals surface area contributed by atoms with E-state index in [1.54, 1.807) is 0 Å². The minimum Gasteiger partial charge on any atom is -0.328 e. The summed E-state index contributed by atoms with van der Waals surface area (Å²) in [5.74, 6) is 0. The maximum atomic E-state index is 9.94. The summed E-state index contributed by atoms with van der Waals surface area (Å²) in [5.41, 5.74) is 8.20. The highest BCUT2D eigenvalue weighted by atomic mass is 35.5. The highest BCUT2D eigenvalue weighted by molar-refractivity contribution is 6.66. The molecule has 2 N–H and O–H groups in total. The van der Waals surface area contributed by atoms with E-state index in [0.29, 0.717) is 6.04 Å². The molecule has 0 radical (unpaired) electrons. The molecule has 1 aromatic rings. The van der Waals surface area contributed by atoms with Gasteiger partial charge in [-0.2, -0.15) is 0 Å². The van der Waals surface area contributed by atoms with E-state index >= 15 is 0 Å². The van der Waals surface area contributed by atoms with Crippen molar-refractivity contribution in [2.75, 3.05) is 13.1 Å². The molecule has 0 aromatic heterocycles. The van der Waals surface area contributed by atoms with Crippen LogP contribution in [0.3, 0.4) is 0 Å². The third kappa shape index (κ3) is 8.66. The highest BCUT2D eigenvalue weighted by Gasteiger charge is 2.15. The Morgan fingerprint density at radius 3 is 2.29 bits per heavy atom. The molecule has 4 heteroatoms. The van der Waals surface area contributed by atoms with Gasteiger partial charge < -0.3 is 5.73 Å². The maximum absolute atomic E-state index is 9.94. The number of likely N-dealkylation sites (tertiary alicyclic amines) is 1. The van der Waals surface area contributed by atoms with Gasteiger partial charge >= 0.3 is 0 Å². The SMILES string of the molecule is CC(C)=CC(=O)Cl.NC1CCN(Cc2ccccc2)CC1. The Kier molecular flexibility index (Phi) is 8.28. The molecule has 1 heterocycles. The van der Waals surface area contributed by atoms with Gasteiger partial charge in [0.1, 0.15) is 0 Å². The van der Waals surface area contributed by atoms with Gasteiger partial charge in [0.15, 0.2) is 0 Å². The van der Waals surface area contributed by atoms with Crippen molar-refractivity contribution in [2.24, 2.45) is 5.73 Å². The molecular weight excluding hydrogens is 284 g/mol. The summed E-state index contributed by atoms with van der Waals surface area (Å²) in [6.07, 6.45) is 3.67. The molecule has 0 spiro atoms. The average Bonchev–Trinajstić information content (AvgIpc) is 2.42. The molecule has 0 bridgehead atoms. The second-order valence-electron chi connectivity index (χ2n) is 5.62. The van der Waals surface area contributed by atoms with Crippen LogP contribution in [0.25, 0.3) is 0 Å². The van der Waals surface area contributed by atoms with Gasteiger partial charge in [0, 0.05) is 12.6 Å². The normalized spacial score (nSPS) is 15.8. The van der Waals surface area contributed by atoms with Gasteiger partial charge in [0.2, 0.25) is 5.24 Å². The van der Waals surface area contributed by atoms with Crippen molar-refractivity contribution in [1.82, 2.24) is 4.90 Å². The van der Waals surface area contributed by atoms with E-state index in [0.717, 1.165) is 38.0 Å². The minimum atomic E-state index is -0.403. The standard InChI is InChI=1S/C12H18N2.C5H7ClO/c13-12-6-8-14(9-7-12)10-11-4-2-1-3-5-11;1-4(2)3-5(6)7/h1-5,12H,6-10,13H2;3H,1-2H3. The molecule has 1 aliphatic heterocycles. The summed E-state index contributed by atoms with van der Waals surface area (Å²) in [6.45, 7) is 7.01. The Morgan fingerprint density at radius 1 is 1.29 bits per heavy atom. The molecule has 1 aromatic carbocycles. The van der Waals surface area contributed by atoms with Crippen LogP contribution in [0.2, 0.25) is 0 Å². The van der Waals surface area contributed by atoms with Crippen LogP contribution in [0.5, 0.6) is 0 Å². The Balaban J connectivity index is 0.000000270. The molecular formula is C17H25ClN2O. The Hall–Kier alpha value is -1.16. The molecule has 116 valence electrons. The van der Waals surface area contributed by atoms with Crippen LogP contribution in [0.15, 0.2) is 42.0 Å². The maximum Gasteiger partial charge on any atom is 0.245 e. The van der Waals surface area contributed by atoms with Gasteiger partial charge in [0.25, 0.3) is 0 Å². The Bertz CT molecular complexity index is 447. The molecule has 1 saturated heterocycles. The topological polar surface area (TPSA) is 46.3 Å². The Morgan fingerprint density at radius 2 is 1.86 bits per heavy atom. The van der Waals surface area contributed by atoms with Crippen LogP contribution in [-0.2, 0) is 11.3 Å². The van der Waals surface area contributed by atoms with Gasteiger partial charge in [-0.3, -0.25) is 9.69 Å². The van der Waals surface area contributed by atoms with Crippen LogP contribution in [0.4, 0.5) is 0 Å². The van der Waals surface area contributed by atoms with E-state index in [1.165, 1.54) is 11.6 Å². The molecule has 0 saturated carbocycles. The quantitative estimate of drug-likeness (QED) is 0.688. The predicted octanol–water partition coefficient (Wildman–Crippen LogP) is 3.33. The van der Waals surface area contributed by atoms with Crippen LogP contribution in [0, 0.1) is 0 Å². The van der Waals surface area contributed by atoms with Crippen molar-refractivity contribution in [2.45, 2.75) is 39.3 Å². The zero-order valence-electron chi connectivity index (χ0n) is 12.9. The van der Waals surface area contributed by atoms with E-state index in [9.17, 15) is 4.79 Å². The zero-order valence-corrected chi connectivity index (χ0v) is 13.6. The first-order valence-corrected chi connectivity index (χ1v) is 7.71. The number of carbonyl (C=O) groups excluding carboxylic acids is 1. The number of allylic oxidation sites excluding steroid dienone is 2. The molecule has 21 heavy (non-hydrogen) atoms. The summed E-state index contributed by atoms with van der Waals surface area (Å²) in [6, 6.07) is 11.1. The van der Waals surface area contributed by atoms with Crippen molar-refractivity contribution >= 4 is 16.8 Å². The van der Waals surface area contributed by atoms with Crippen molar-refractivity contribution in [3.8, 4) is 0 Å². The smallest absolute Gasteiger partial charge is 0.245 e. The molecule has 1 aliphatic rings. The van der Waals surface area contributed by atoms with E-state index in [1.807, 2.05) is 13.8 Å². The second kappa shape index (κ2) is 9.72. The summed E-state index contributed by atoms with van der Waals surface area (Å²) in [4.78, 5) is 12.4. The van der Waals surface area contributed by atoms with Crippen LogP contribution >= 0.6 is 11.6 Å². The minimum absolute atomic E-state index is 0.403. The van der Waals surface area contributed by atoms with Crippen molar-refractivity contribution in [1.29, 1.82) is 0 Å². The fraction of sp³-hybridized carbons (Fsp3) is 0.471. The number of piperidine rings is 1. The number of benzene rings is 1. The van der Waals surface area contributed by atoms with Gasteiger partial charge in [-0.05, 0) is 63.0 Å². The van der Waals surface area contributed by atoms with Crippen LogP contribution in [0.1, 0.15) is 32.3 Å². The average molecular weight is 309 g/mol. The monoisotopic (exact) mass is 308 g/mol. The molecule has 0 unspecified atom stereocenters. The lowest BCUT2D eigenvalue weighted by molar-refractivity contribution is -0.107. The van der Waals surface area contributed by atoms with E-state index in [-0.39, 0.29) is 0 Å². The summed E-state index contributed by atoms with van der Waals surface area (Å²) in [7, 11) is 0. The van der Waals surface area contributed by atoms with Gasteiger partial charge in [-0.1, -0.05) is 35.9 Å². The van der Waals surface area contributed by atoms with Crippen molar-refractivity contribution in [3.05, 3.63) is 47.5 Å². The van der Waals surface area contributed by atoms with E-state index in [2.05, 4.69) is 35.2 Å². The lowest BCUT2D eigenvalue weighted by Gasteiger charge is -2.29. The first-order chi connectivity index (χ1) is 9.97. The molecule has 1 fully saturated rings. The lowest BCUT2D eigenvalue weighted by Crippen LogP contribution is -2.39. The number of hydrogen-bond acceptors (Lipinski definition) is 3. The molecule has 0 atom stereocenters. The third-order valence-electron chi connectivity index (χ3n) is 3.28. The number of nitrogens with zero attached hydrogens (tertiary/aromatic N) is 1. The predicted molar refractivity (Wildman–Crippen MR) is 89.2 cm³/mol. The molecule has 3 nitrogen and oxygen atoms in total. The second-order valence-corrected chi connectivity index (χ2v) is 6.00.